The van der Waals surface area contributed by atoms with Crippen molar-refractivity contribution in [2.75, 3.05) is 0 Å². The fourth-order valence-corrected chi connectivity index (χ4v) is 1.33. The molecule has 1 aromatic heterocycles. The van der Waals surface area contributed by atoms with Crippen molar-refractivity contribution in [2.24, 2.45) is 0 Å². The van der Waals surface area contributed by atoms with Gasteiger partial charge in [-0.05, 0) is 17.5 Å². The van der Waals surface area contributed by atoms with E-state index in [9.17, 15) is 19.3 Å². The van der Waals surface area contributed by atoms with Crippen molar-refractivity contribution in [3.05, 3.63) is 50.7 Å². The zero-order valence-corrected chi connectivity index (χ0v) is 7.36. The number of rotatable bonds is 1. The molecule has 5 nitrogen and oxygen atoms in total. The molecule has 76 valence electrons. The Labute approximate surface area is 82.3 Å². The summed E-state index contributed by atoms with van der Waals surface area (Å²) in [4.78, 5) is 23.0. The van der Waals surface area contributed by atoms with Crippen LogP contribution in [0.25, 0.3) is 10.8 Å². The molecule has 0 amide bonds. The van der Waals surface area contributed by atoms with Crippen LogP contribution in [0.15, 0.2) is 29.1 Å². The Bertz CT molecular complexity index is 606. The van der Waals surface area contributed by atoms with E-state index in [2.05, 4.69) is 0 Å². The predicted octanol–water partition coefficient (Wildman–Crippen LogP) is 1.58. The molecule has 0 aliphatic heterocycles. The number of aromatic amines is 1. The summed E-state index contributed by atoms with van der Waals surface area (Å²) in [6.07, 6.45) is 0. The molecule has 1 N–H and O–H groups in total. The third-order valence-electron chi connectivity index (χ3n) is 2.01. The van der Waals surface area contributed by atoms with Gasteiger partial charge in [-0.3, -0.25) is 19.9 Å². The number of benzene rings is 1. The number of hydrogen-bond donors (Lipinski definition) is 1. The maximum atomic E-state index is 12.8. The monoisotopic (exact) mass is 208 g/mol. The molecule has 0 saturated carbocycles. The van der Waals surface area contributed by atoms with Crippen LogP contribution < -0.4 is 5.56 Å². The van der Waals surface area contributed by atoms with Gasteiger partial charge in [0, 0.05) is 12.1 Å². The van der Waals surface area contributed by atoms with Gasteiger partial charge in [-0.15, -0.1) is 0 Å². The first-order valence-corrected chi connectivity index (χ1v) is 4.05. The van der Waals surface area contributed by atoms with Crippen LogP contribution in [-0.2, 0) is 0 Å². The van der Waals surface area contributed by atoms with Crippen LogP contribution in [0.5, 0.6) is 0 Å². The largest absolute Gasteiger partial charge is 0.298 e. The maximum absolute atomic E-state index is 12.8. The summed E-state index contributed by atoms with van der Waals surface area (Å²) < 4.78 is 12.8. The maximum Gasteiger partial charge on any atom is 0.270 e. The molecule has 1 aromatic carbocycles. The van der Waals surface area contributed by atoms with E-state index < -0.39 is 16.4 Å². The Morgan fingerprint density at radius 2 is 2.07 bits per heavy atom. The van der Waals surface area contributed by atoms with Gasteiger partial charge in [0.15, 0.2) is 5.95 Å². The first kappa shape index (κ1) is 9.32. The van der Waals surface area contributed by atoms with Crippen molar-refractivity contribution in [2.45, 2.75) is 0 Å². The fraction of sp³-hybridized carbons (Fsp3) is 0. The Morgan fingerprint density at radius 3 is 2.73 bits per heavy atom. The highest BCUT2D eigenvalue weighted by Gasteiger charge is 2.08. The summed E-state index contributed by atoms with van der Waals surface area (Å²) >= 11 is 0. The van der Waals surface area contributed by atoms with Gasteiger partial charge in [0.2, 0.25) is 0 Å². The molecule has 15 heavy (non-hydrogen) atoms. The van der Waals surface area contributed by atoms with Crippen LogP contribution in [0, 0.1) is 16.1 Å². The Balaban J connectivity index is 2.83. The molecule has 0 spiro atoms. The number of nitrogens with one attached hydrogen (secondary N) is 1. The minimum Gasteiger partial charge on any atom is -0.298 e. The van der Waals surface area contributed by atoms with Crippen molar-refractivity contribution in [3.8, 4) is 0 Å². The predicted molar refractivity (Wildman–Crippen MR) is 51.2 cm³/mol. The average Bonchev–Trinajstić information content (AvgIpc) is 2.16. The van der Waals surface area contributed by atoms with E-state index in [1.807, 2.05) is 4.98 Å². The molecular weight excluding hydrogens is 203 g/mol. The molecule has 0 radical (unpaired) electrons. The number of halogens is 1. The summed E-state index contributed by atoms with van der Waals surface area (Å²) in [6.45, 7) is 0. The van der Waals surface area contributed by atoms with Crippen molar-refractivity contribution in [1.29, 1.82) is 0 Å². The Morgan fingerprint density at radius 1 is 1.33 bits per heavy atom. The van der Waals surface area contributed by atoms with E-state index in [0.29, 0.717) is 5.39 Å². The van der Waals surface area contributed by atoms with Crippen molar-refractivity contribution in [1.82, 2.24) is 4.98 Å². The van der Waals surface area contributed by atoms with Gasteiger partial charge in [0.1, 0.15) is 0 Å². The van der Waals surface area contributed by atoms with E-state index in [1.165, 1.54) is 12.1 Å². The molecule has 0 saturated heterocycles. The lowest BCUT2D eigenvalue weighted by Gasteiger charge is -1.96. The lowest BCUT2D eigenvalue weighted by Crippen LogP contribution is -2.08. The van der Waals surface area contributed by atoms with Gasteiger partial charge in [-0.25, -0.2) is 0 Å². The Kier molecular flexibility index (Phi) is 1.96. The quantitative estimate of drug-likeness (QED) is 0.439. The number of fused-ring (bicyclic) bond motifs is 1. The molecule has 0 fully saturated rings. The zero-order chi connectivity index (χ0) is 11.0. The third-order valence-corrected chi connectivity index (χ3v) is 2.01. The SMILES string of the molecule is O=c1[nH]c(F)cc2ccc([N+](=O)[O-])cc12. The van der Waals surface area contributed by atoms with Crippen LogP contribution >= 0.6 is 0 Å². The molecule has 0 atom stereocenters. The second-order valence-corrected chi connectivity index (χ2v) is 2.98. The average molecular weight is 208 g/mol. The van der Waals surface area contributed by atoms with Gasteiger partial charge < -0.3 is 0 Å². The van der Waals surface area contributed by atoms with Crippen LogP contribution in [0.2, 0.25) is 0 Å². The topological polar surface area (TPSA) is 76.0 Å². The lowest BCUT2D eigenvalue weighted by atomic mass is 10.1. The van der Waals surface area contributed by atoms with Crippen LogP contribution in [0.3, 0.4) is 0 Å². The molecular formula is C9H5FN2O3. The normalized spacial score (nSPS) is 10.5. The number of nitrogens with zero attached hydrogens (tertiary/aromatic N) is 1. The minimum atomic E-state index is -0.763. The highest BCUT2D eigenvalue weighted by molar-refractivity contribution is 5.83. The summed E-state index contributed by atoms with van der Waals surface area (Å²) in [5.74, 6) is -0.763. The second-order valence-electron chi connectivity index (χ2n) is 2.98. The Hall–Kier alpha value is -2.24. The highest BCUT2D eigenvalue weighted by atomic mass is 19.1. The molecule has 0 bridgehead atoms. The molecule has 0 aliphatic carbocycles. The summed E-state index contributed by atoms with van der Waals surface area (Å²) in [5, 5.41) is 10.9. The second kappa shape index (κ2) is 3.16. The summed E-state index contributed by atoms with van der Waals surface area (Å²) in [7, 11) is 0. The molecule has 0 unspecified atom stereocenters. The molecule has 0 aliphatic rings. The zero-order valence-electron chi connectivity index (χ0n) is 7.36. The van der Waals surface area contributed by atoms with Gasteiger partial charge in [0.05, 0.1) is 10.3 Å². The first-order valence-electron chi connectivity index (χ1n) is 4.05. The van der Waals surface area contributed by atoms with Crippen molar-refractivity contribution >= 4 is 16.5 Å². The van der Waals surface area contributed by atoms with E-state index >= 15 is 0 Å². The molecule has 2 rings (SSSR count). The highest BCUT2D eigenvalue weighted by Crippen LogP contribution is 2.17. The van der Waals surface area contributed by atoms with Crippen molar-refractivity contribution < 1.29 is 9.31 Å². The number of nitro groups is 1. The van der Waals surface area contributed by atoms with Crippen LogP contribution in [0.4, 0.5) is 10.1 Å². The van der Waals surface area contributed by atoms with E-state index in [1.54, 1.807) is 0 Å². The number of non-ortho nitro benzene ring substituents is 1. The van der Waals surface area contributed by atoms with Gasteiger partial charge in [-0.1, -0.05) is 0 Å². The first-order chi connectivity index (χ1) is 7.08. The smallest absolute Gasteiger partial charge is 0.270 e. The van der Waals surface area contributed by atoms with E-state index in [0.717, 1.165) is 12.1 Å². The fourth-order valence-electron chi connectivity index (χ4n) is 1.33. The van der Waals surface area contributed by atoms with Crippen molar-refractivity contribution in [3.63, 3.8) is 0 Å². The number of nitro benzene ring substituents is 1. The summed E-state index contributed by atoms with van der Waals surface area (Å²) in [5.41, 5.74) is -0.867. The number of aromatic nitrogens is 1. The van der Waals surface area contributed by atoms with E-state index in [4.69, 9.17) is 0 Å². The standard InChI is InChI=1S/C9H5FN2O3/c10-8-3-5-1-2-6(12(14)15)4-7(5)9(13)11-8/h1-4H,(H,11,13). The molecule has 1 heterocycles. The van der Waals surface area contributed by atoms with Crippen LogP contribution in [0.1, 0.15) is 0 Å². The summed E-state index contributed by atoms with van der Waals surface area (Å²) in [6, 6.07) is 4.79. The van der Waals surface area contributed by atoms with Gasteiger partial charge in [0.25, 0.3) is 11.2 Å². The number of pyridine rings is 1. The number of H-pyrrole nitrogens is 1. The molecule has 6 heteroatoms. The lowest BCUT2D eigenvalue weighted by molar-refractivity contribution is -0.384. The van der Waals surface area contributed by atoms with Gasteiger partial charge in [-0.2, -0.15) is 4.39 Å². The van der Waals surface area contributed by atoms with Gasteiger partial charge >= 0.3 is 0 Å². The number of hydrogen-bond acceptors (Lipinski definition) is 3. The van der Waals surface area contributed by atoms with E-state index in [-0.39, 0.29) is 11.1 Å². The third kappa shape index (κ3) is 1.56. The molecule has 2 aromatic rings. The van der Waals surface area contributed by atoms with Crippen LogP contribution in [-0.4, -0.2) is 9.91 Å². The minimum absolute atomic E-state index is 0.102.